The molecular formula is C48H37N3S2. The Bertz CT molecular complexity index is 3180. The summed E-state index contributed by atoms with van der Waals surface area (Å²) in [6.07, 6.45) is 0. The topological polar surface area (TPSA) is 43.0 Å². The van der Waals surface area contributed by atoms with Gasteiger partial charge in [-0.15, -0.1) is 22.7 Å². The molecule has 0 aliphatic heterocycles. The molecule has 0 saturated carbocycles. The minimum atomic E-state index is -0.163. The van der Waals surface area contributed by atoms with Crippen molar-refractivity contribution in [1.29, 1.82) is 0 Å². The summed E-state index contributed by atoms with van der Waals surface area (Å²) in [6, 6.07) is 55.9. The first-order valence-corrected chi connectivity index (χ1v) is 20.0. The summed E-state index contributed by atoms with van der Waals surface area (Å²) in [6.45, 7) is 4.35. The van der Waals surface area contributed by atoms with E-state index < -0.39 is 0 Å². The Morgan fingerprint density at radius 3 is 1.94 bits per heavy atom. The monoisotopic (exact) mass is 719 g/mol. The van der Waals surface area contributed by atoms with Gasteiger partial charge in [0.15, 0.2) is 0 Å². The Labute approximate surface area is 315 Å². The largest absolute Gasteiger partial charge is 0.372 e. The van der Waals surface area contributed by atoms with Gasteiger partial charge in [0.05, 0.1) is 28.4 Å². The molecule has 3 N–H and O–H groups in total. The molecule has 0 spiro atoms. The lowest BCUT2D eigenvalue weighted by Crippen LogP contribution is -2.17. The maximum atomic E-state index is 6.23. The van der Waals surface area contributed by atoms with Crippen molar-refractivity contribution in [1.82, 2.24) is 4.57 Å². The van der Waals surface area contributed by atoms with Gasteiger partial charge < -0.3 is 15.6 Å². The van der Waals surface area contributed by atoms with E-state index in [9.17, 15) is 0 Å². The fourth-order valence-electron chi connectivity index (χ4n) is 8.62. The maximum absolute atomic E-state index is 6.23. The molecule has 5 heteroatoms. The molecule has 1 unspecified atom stereocenters. The summed E-state index contributed by atoms with van der Waals surface area (Å²) in [4.78, 5) is 0. The number of anilines is 1. The summed E-state index contributed by atoms with van der Waals surface area (Å²) in [5.41, 5.74) is 12.2. The molecule has 0 saturated heterocycles. The lowest BCUT2D eigenvalue weighted by molar-refractivity contribution is 0.733. The van der Waals surface area contributed by atoms with E-state index in [1.165, 1.54) is 94.8 Å². The van der Waals surface area contributed by atoms with Crippen molar-refractivity contribution in [2.45, 2.75) is 19.9 Å². The maximum Gasteiger partial charge on any atom is 0.0866 e. The number of nitrogens with zero attached hydrogens (tertiary/aromatic N) is 1. The number of hydrogen-bond acceptors (Lipinski definition) is 4. The van der Waals surface area contributed by atoms with Crippen LogP contribution in [0.15, 0.2) is 152 Å². The van der Waals surface area contributed by atoms with Crippen LogP contribution in [-0.4, -0.2) is 11.2 Å². The van der Waals surface area contributed by atoms with Gasteiger partial charge in [0, 0.05) is 63.1 Å². The second-order valence-electron chi connectivity index (χ2n) is 13.3. The highest BCUT2D eigenvalue weighted by molar-refractivity contribution is 7.27. The van der Waals surface area contributed by atoms with Gasteiger partial charge in [0.2, 0.25) is 0 Å². The van der Waals surface area contributed by atoms with Gasteiger partial charge in [0.25, 0.3) is 0 Å². The number of nitrogens with one attached hydrogen (secondary N) is 1. The number of rotatable bonds is 5. The van der Waals surface area contributed by atoms with E-state index >= 15 is 0 Å². The number of fused-ring (bicyclic) bond motifs is 15. The molecule has 0 aliphatic carbocycles. The standard InChI is InChI=1S/C46H31N3S2.C2H6/c47-26-48-37-18-8-5-16-33(37)43(28-22-24-40-36(25-28)30-13-6-9-19-38(30)50-40)49-44-29-12-2-1-11-27(29)21-23-35(44)41-31-14-3-4-15-32(31)42-34-17-7-10-20-39(34)51-46(42)45(41)49;1-2/h1-25,43,48H,26,47H2;1-2H3. The van der Waals surface area contributed by atoms with Gasteiger partial charge in [-0.2, -0.15) is 0 Å². The molecule has 11 aromatic rings. The van der Waals surface area contributed by atoms with Crippen LogP contribution in [0, 0.1) is 0 Å². The molecule has 256 valence electrons. The van der Waals surface area contributed by atoms with E-state index in [0.717, 1.165) is 5.69 Å². The Balaban J connectivity index is 0.00000172. The fourth-order valence-corrected chi connectivity index (χ4v) is 11.0. The third-order valence-corrected chi connectivity index (χ3v) is 13.0. The first-order chi connectivity index (χ1) is 26.3. The fraction of sp³-hybridized carbons (Fsp3) is 0.0833. The number of benzene rings is 8. The van der Waals surface area contributed by atoms with Gasteiger partial charge in [-0.05, 0) is 52.1 Å². The lowest BCUT2D eigenvalue weighted by Gasteiger charge is -2.26. The highest BCUT2D eigenvalue weighted by Gasteiger charge is 2.29. The molecule has 0 aliphatic rings. The Morgan fingerprint density at radius 1 is 0.528 bits per heavy atom. The van der Waals surface area contributed by atoms with Crippen molar-refractivity contribution < 1.29 is 0 Å². The summed E-state index contributed by atoms with van der Waals surface area (Å²) in [5.74, 6) is 0. The molecule has 53 heavy (non-hydrogen) atoms. The van der Waals surface area contributed by atoms with Crippen LogP contribution in [0.3, 0.4) is 0 Å². The van der Waals surface area contributed by atoms with E-state index in [0.29, 0.717) is 6.67 Å². The first-order valence-electron chi connectivity index (χ1n) is 18.4. The van der Waals surface area contributed by atoms with Crippen LogP contribution >= 0.6 is 22.7 Å². The number of para-hydroxylation sites is 1. The van der Waals surface area contributed by atoms with Gasteiger partial charge in [-0.1, -0.05) is 135 Å². The van der Waals surface area contributed by atoms with Gasteiger partial charge in [0.1, 0.15) is 0 Å². The predicted molar refractivity (Wildman–Crippen MR) is 234 cm³/mol. The summed E-state index contributed by atoms with van der Waals surface area (Å²) >= 11 is 3.78. The minimum absolute atomic E-state index is 0.163. The molecule has 0 bridgehead atoms. The summed E-state index contributed by atoms with van der Waals surface area (Å²) in [5, 5.41) is 16.4. The van der Waals surface area contributed by atoms with Gasteiger partial charge >= 0.3 is 0 Å². The predicted octanol–water partition coefficient (Wildman–Crippen LogP) is 13.8. The van der Waals surface area contributed by atoms with Crippen molar-refractivity contribution in [3.05, 3.63) is 163 Å². The van der Waals surface area contributed by atoms with Crippen LogP contribution < -0.4 is 11.1 Å². The molecule has 0 radical (unpaired) electrons. The van der Waals surface area contributed by atoms with Crippen LogP contribution in [0.2, 0.25) is 0 Å². The van der Waals surface area contributed by atoms with E-state index in [1.54, 1.807) is 0 Å². The van der Waals surface area contributed by atoms with E-state index in [2.05, 4.69) is 162 Å². The normalized spacial score (nSPS) is 12.4. The minimum Gasteiger partial charge on any atom is -0.372 e. The van der Waals surface area contributed by atoms with Crippen LogP contribution in [0.5, 0.6) is 0 Å². The van der Waals surface area contributed by atoms with Crippen molar-refractivity contribution in [3.8, 4) is 0 Å². The molecule has 3 nitrogen and oxygen atoms in total. The van der Waals surface area contributed by atoms with Crippen molar-refractivity contribution in [2.24, 2.45) is 5.73 Å². The van der Waals surface area contributed by atoms with E-state index in [4.69, 9.17) is 5.73 Å². The zero-order chi connectivity index (χ0) is 35.6. The zero-order valence-electron chi connectivity index (χ0n) is 29.6. The second-order valence-corrected chi connectivity index (χ2v) is 15.5. The number of thiophene rings is 2. The Hall–Kier alpha value is -5.72. The van der Waals surface area contributed by atoms with Crippen LogP contribution in [-0.2, 0) is 0 Å². The molecule has 1 atom stereocenters. The number of aromatic nitrogens is 1. The smallest absolute Gasteiger partial charge is 0.0866 e. The third kappa shape index (κ3) is 4.75. The van der Waals surface area contributed by atoms with E-state index in [-0.39, 0.29) is 6.04 Å². The highest BCUT2D eigenvalue weighted by atomic mass is 32.1. The Morgan fingerprint density at radius 2 is 1.15 bits per heavy atom. The van der Waals surface area contributed by atoms with Crippen molar-refractivity contribution in [2.75, 3.05) is 12.0 Å². The van der Waals surface area contributed by atoms with Crippen LogP contribution in [0.1, 0.15) is 31.0 Å². The summed E-state index contributed by atoms with van der Waals surface area (Å²) < 4.78 is 7.93. The third-order valence-electron chi connectivity index (χ3n) is 10.7. The average molecular weight is 720 g/mol. The Kier molecular flexibility index (Phi) is 7.69. The molecule has 11 rings (SSSR count). The zero-order valence-corrected chi connectivity index (χ0v) is 31.2. The highest BCUT2D eigenvalue weighted by Crippen LogP contribution is 2.51. The number of hydrogen-bond donors (Lipinski definition) is 2. The molecule has 8 aromatic carbocycles. The lowest BCUT2D eigenvalue weighted by atomic mass is 9.94. The number of nitrogens with two attached hydrogens (primary N) is 1. The van der Waals surface area contributed by atoms with Crippen molar-refractivity contribution in [3.63, 3.8) is 0 Å². The molecule has 3 heterocycles. The molecule has 0 amide bonds. The van der Waals surface area contributed by atoms with Crippen LogP contribution in [0.25, 0.3) is 83.7 Å². The molecule has 3 aromatic heterocycles. The van der Waals surface area contributed by atoms with Gasteiger partial charge in [-0.3, -0.25) is 0 Å². The quantitative estimate of drug-likeness (QED) is 0.174. The summed E-state index contributed by atoms with van der Waals surface area (Å²) in [7, 11) is 0. The van der Waals surface area contributed by atoms with Gasteiger partial charge in [-0.25, -0.2) is 0 Å². The SMILES string of the molecule is CC.NCNc1ccccc1C(c1ccc2sc3ccccc3c2c1)n1c2c3ccccc3ccc2c2c3ccccc3c3c4ccccc4sc3c21. The van der Waals surface area contributed by atoms with Crippen molar-refractivity contribution >= 4 is 112 Å². The van der Waals surface area contributed by atoms with Crippen LogP contribution in [0.4, 0.5) is 5.69 Å². The first kappa shape index (κ1) is 32.0. The van der Waals surface area contributed by atoms with E-state index in [1.807, 2.05) is 36.5 Å². The second kappa shape index (κ2) is 12.7. The molecule has 0 fully saturated rings. The molecular weight excluding hydrogens is 683 g/mol. The average Bonchev–Trinajstić information content (AvgIpc) is 3.90.